The molecule has 27 heavy (non-hydrogen) atoms. The van der Waals surface area contributed by atoms with Gasteiger partial charge in [0.1, 0.15) is 11.5 Å². The monoisotopic (exact) mass is 360 g/mol. The van der Waals surface area contributed by atoms with E-state index in [1.807, 2.05) is 38.1 Å². The summed E-state index contributed by atoms with van der Waals surface area (Å²) in [4.78, 5) is 32.2. The average Bonchev–Trinajstić information content (AvgIpc) is 2.65. The molecule has 0 aliphatic rings. The molecule has 1 aromatic heterocycles. The van der Waals surface area contributed by atoms with Crippen LogP contribution in [-0.4, -0.2) is 21.7 Å². The van der Waals surface area contributed by atoms with Crippen LogP contribution in [0.1, 0.15) is 38.9 Å². The quantitative estimate of drug-likeness (QED) is 0.663. The number of aromatic nitrogens is 2. The number of carbonyl (C=O) groups is 2. The number of hydrogen-bond acceptors (Lipinski definition) is 5. The number of carbonyl (C=O) groups excluding carboxylic acids is 2. The van der Waals surface area contributed by atoms with E-state index in [9.17, 15) is 9.59 Å². The zero-order valence-electron chi connectivity index (χ0n) is 15.4. The summed E-state index contributed by atoms with van der Waals surface area (Å²) in [6, 6.07) is 12.9. The number of rotatable bonds is 5. The van der Waals surface area contributed by atoms with Gasteiger partial charge >= 0.3 is 0 Å². The predicted octanol–water partition coefficient (Wildman–Crippen LogP) is 4.29. The molecule has 0 unspecified atom stereocenters. The Balaban J connectivity index is 1.70. The molecule has 0 spiro atoms. The Hall–Kier alpha value is -3.54. The Morgan fingerprint density at radius 2 is 1.78 bits per heavy atom. The molecule has 0 aliphatic heterocycles. The molecular formula is C21H20N4O2. The van der Waals surface area contributed by atoms with E-state index in [1.165, 1.54) is 19.3 Å². The van der Waals surface area contributed by atoms with Crippen LogP contribution in [0.2, 0.25) is 0 Å². The van der Waals surface area contributed by atoms with Crippen LogP contribution in [0.3, 0.4) is 0 Å². The van der Waals surface area contributed by atoms with Gasteiger partial charge in [0.05, 0.1) is 12.4 Å². The predicted molar refractivity (Wildman–Crippen MR) is 106 cm³/mol. The molecule has 0 aliphatic carbocycles. The summed E-state index contributed by atoms with van der Waals surface area (Å²) in [5.74, 6) is 0.154. The summed E-state index contributed by atoms with van der Waals surface area (Å²) in [6.07, 6.45) is 2.90. The summed E-state index contributed by atoms with van der Waals surface area (Å²) in [5, 5.41) is 5.92. The fraction of sp³-hybridized carbons (Fsp3) is 0.143. The highest BCUT2D eigenvalue weighted by atomic mass is 16.2. The summed E-state index contributed by atoms with van der Waals surface area (Å²) in [5.41, 5.74) is 4.42. The molecule has 0 atom stereocenters. The van der Waals surface area contributed by atoms with Crippen molar-refractivity contribution in [3.8, 4) is 0 Å². The van der Waals surface area contributed by atoms with Crippen molar-refractivity contribution in [3.63, 3.8) is 0 Å². The number of amides is 1. The Bertz CT molecular complexity index is 997. The Morgan fingerprint density at radius 3 is 2.44 bits per heavy atom. The van der Waals surface area contributed by atoms with Gasteiger partial charge in [-0.3, -0.25) is 9.59 Å². The van der Waals surface area contributed by atoms with Gasteiger partial charge in [-0.25, -0.2) is 9.97 Å². The van der Waals surface area contributed by atoms with Crippen molar-refractivity contribution in [2.45, 2.75) is 20.8 Å². The van der Waals surface area contributed by atoms with Gasteiger partial charge in [0.15, 0.2) is 5.78 Å². The van der Waals surface area contributed by atoms with Crippen molar-refractivity contribution in [1.82, 2.24) is 9.97 Å². The molecule has 3 rings (SSSR count). The van der Waals surface area contributed by atoms with Crippen LogP contribution >= 0.6 is 0 Å². The van der Waals surface area contributed by atoms with Crippen LogP contribution in [0.15, 0.2) is 54.9 Å². The second-order valence-corrected chi connectivity index (χ2v) is 6.32. The SMILES string of the molecule is CC(=O)c1cccc(Nc2cnc(C(=O)Nc3ccc(C)cc3C)cn2)c1. The zero-order valence-corrected chi connectivity index (χ0v) is 15.4. The summed E-state index contributed by atoms with van der Waals surface area (Å²) in [6.45, 7) is 5.46. The highest BCUT2D eigenvalue weighted by Gasteiger charge is 2.10. The first-order valence-corrected chi connectivity index (χ1v) is 8.51. The number of ketones is 1. The lowest BCUT2D eigenvalue weighted by atomic mass is 10.1. The highest BCUT2D eigenvalue weighted by Crippen LogP contribution is 2.18. The van der Waals surface area contributed by atoms with Crippen molar-refractivity contribution >= 4 is 28.9 Å². The van der Waals surface area contributed by atoms with E-state index in [2.05, 4.69) is 20.6 Å². The molecule has 6 heteroatoms. The number of Topliss-reactive ketones (excluding diaryl/α,β-unsaturated/α-hetero) is 1. The van der Waals surface area contributed by atoms with Crippen LogP contribution < -0.4 is 10.6 Å². The molecule has 6 nitrogen and oxygen atoms in total. The van der Waals surface area contributed by atoms with E-state index in [0.29, 0.717) is 11.4 Å². The molecule has 0 fully saturated rings. The lowest BCUT2D eigenvalue weighted by molar-refractivity contribution is 0.101. The third-order valence-corrected chi connectivity index (χ3v) is 4.06. The average molecular weight is 360 g/mol. The standard InChI is InChI=1S/C21H20N4O2/c1-13-7-8-18(14(2)9-13)25-21(27)19-11-23-20(12-22-19)24-17-6-4-5-16(10-17)15(3)26/h4-12H,1-3H3,(H,23,24)(H,25,27). The number of benzene rings is 2. The Kier molecular flexibility index (Phi) is 5.26. The van der Waals surface area contributed by atoms with Gasteiger partial charge in [-0.2, -0.15) is 0 Å². The van der Waals surface area contributed by atoms with E-state index in [0.717, 1.165) is 22.5 Å². The first-order valence-electron chi connectivity index (χ1n) is 8.51. The molecule has 3 aromatic rings. The molecule has 136 valence electrons. The molecule has 2 aromatic carbocycles. The lowest BCUT2D eigenvalue weighted by Crippen LogP contribution is -2.15. The summed E-state index contributed by atoms with van der Waals surface area (Å²) >= 11 is 0. The minimum absolute atomic E-state index is 0.0110. The van der Waals surface area contributed by atoms with E-state index >= 15 is 0 Å². The van der Waals surface area contributed by atoms with Gasteiger partial charge in [0.2, 0.25) is 0 Å². The van der Waals surface area contributed by atoms with Crippen LogP contribution in [0.25, 0.3) is 0 Å². The maximum Gasteiger partial charge on any atom is 0.275 e. The fourth-order valence-electron chi connectivity index (χ4n) is 2.61. The molecule has 0 radical (unpaired) electrons. The first-order chi connectivity index (χ1) is 12.9. The second kappa shape index (κ2) is 7.78. The molecule has 1 amide bonds. The molecule has 0 bridgehead atoms. The van der Waals surface area contributed by atoms with Gasteiger partial charge in [-0.1, -0.05) is 29.8 Å². The van der Waals surface area contributed by atoms with E-state index in [1.54, 1.807) is 18.2 Å². The van der Waals surface area contributed by atoms with E-state index in [4.69, 9.17) is 0 Å². The largest absolute Gasteiger partial charge is 0.339 e. The highest BCUT2D eigenvalue weighted by molar-refractivity contribution is 6.03. The van der Waals surface area contributed by atoms with Gasteiger partial charge in [-0.05, 0) is 44.5 Å². The van der Waals surface area contributed by atoms with Gasteiger partial charge < -0.3 is 10.6 Å². The Labute approximate surface area is 157 Å². The van der Waals surface area contributed by atoms with E-state index < -0.39 is 0 Å². The van der Waals surface area contributed by atoms with Crippen LogP contribution in [0.5, 0.6) is 0 Å². The Morgan fingerprint density at radius 1 is 0.963 bits per heavy atom. The summed E-state index contributed by atoms with van der Waals surface area (Å²) < 4.78 is 0. The van der Waals surface area contributed by atoms with Gasteiger partial charge in [0, 0.05) is 16.9 Å². The number of anilines is 3. The number of nitrogens with one attached hydrogen (secondary N) is 2. The van der Waals surface area contributed by atoms with Crippen molar-refractivity contribution in [2.24, 2.45) is 0 Å². The molecule has 2 N–H and O–H groups in total. The van der Waals surface area contributed by atoms with Crippen molar-refractivity contribution in [3.05, 3.63) is 77.2 Å². The van der Waals surface area contributed by atoms with Crippen LogP contribution in [-0.2, 0) is 0 Å². The minimum Gasteiger partial charge on any atom is -0.339 e. The summed E-state index contributed by atoms with van der Waals surface area (Å²) in [7, 11) is 0. The third kappa shape index (κ3) is 4.55. The van der Waals surface area contributed by atoms with Gasteiger partial charge in [-0.15, -0.1) is 0 Å². The fourth-order valence-corrected chi connectivity index (χ4v) is 2.61. The van der Waals surface area contributed by atoms with Crippen LogP contribution in [0, 0.1) is 13.8 Å². The number of hydrogen-bond donors (Lipinski definition) is 2. The van der Waals surface area contributed by atoms with Crippen molar-refractivity contribution < 1.29 is 9.59 Å². The zero-order chi connectivity index (χ0) is 19.4. The molecular weight excluding hydrogens is 340 g/mol. The lowest BCUT2D eigenvalue weighted by Gasteiger charge is -2.09. The van der Waals surface area contributed by atoms with Crippen molar-refractivity contribution in [1.29, 1.82) is 0 Å². The number of nitrogens with zero attached hydrogens (tertiary/aromatic N) is 2. The number of aryl methyl sites for hydroxylation is 2. The second-order valence-electron chi connectivity index (χ2n) is 6.32. The first kappa shape index (κ1) is 18.3. The van der Waals surface area contributed by atoms with Gasteiger partial charge in [0.25, 0.3) is 5.91 Å². The van der Waals surface area contributed by atoms with Crippen molar-refractivity contribution in [2.75, 3.05) is 10.6 Å². The topological polar surface area (TPSA) is 84.0 Å². The molecule has 0 saturated carbocycles. The minimum atomic E-state index is -0.320. The third-order valence-electron chi connectivity index (χ3n) is 4.06. The smallest absolute Gasteiger partial charge is 0.275 e. The van der Waals surface area contributed by atoms with E-state index in [-0.39, 0.29) is 17.4 Å². The molecule has 0 saturated heterocycles. The maximum absolute atomic E-state index is 12.4. The molecule has 1 heterocycles. The van der Waals surface area contributed by atoms with Crippen LogP contribution in [0.4, 0.5) is 17.2 Å². The maximum atomic E-state index is 12.4. The normalized spacial score (nSPS) is 10.3.